The van der Waals surface area contributed by atoms with Crippen LogP contribution in [-0.2, 0) is 11.3 Å². The number of nitrogens with zero attached hydrogens (tertiary/aromatic N) is 3. The van der Waals surface area contributed by atoms with Gasteiger partial charge in [-0.25, -0.2) is 9.89 Å². The number of H-pyrrole nitrogens is 2. The molecule has 10 nitrogen and oxygen atoms in total. The summed E-state index contributed by atoms with van der Waals surface area (Å²) in [5.74, 6) is 1.38. The number of ether oxygens (including phenoxy) is 3. The Kier molecular flexibility index (Phi) is 7.25. The molecule has 158 valence electrons. The molecular weight excluding hydrogens is 378 g/mol. The van der Waals surface area contributed by atoms with Crippen LogP contribution < -0.4 is 25.6 Å². The van der Waals surface area contributed by atoms with Crippen molar-refractivity contribution in [2.24, 2.45) is 0 Å². The third kappa shape index (κ3) is 5.36. The maximum absolute atomic E-state index is 12.4. The molecule has 2 N–H and O–H groups in total. The zero-order chi connectivity index (χ0) is 20.6. The predicted octanol–water partition coefficient (Wildman–Crippen LogP) is 0.204. The topological polar surface area (TPSA) is 113 Å². The van der Waals surface area contributed by atoms with E-state index in [1.807, 2.05) is 23.1 Å². The number of hydrogen-bond donors (Lipinski definition) is 2. The maximum atomic E-state index is 12.4. The van der Waals surface area contributed by atoms with E-state index in [0.29, 0.717) is 24.6 Å². The van der Waals surface area contributed by atoms with E-state index in [4.69, 9.17) is 14.2 Å². The highest BCUT2D eigenvalue weighted by Gasteiger charge is 2.18. The summed E-state index contributed by atoms with van der Waals surface area (Å²) in [7, 11) is 3.16. The fourth-order valence-electron chi connectivity index (χ4n) is 3.41. The van der Waals surface area contributed by atoms with Crippen molar-refractivity contribution in [3.05, 3.63) is 44.6 Å². The van der Waals surface area contributed by atoms with Gasteiger partial charge in [-0.15, -0.1) is 5.10 Å². The van der Waals surface area contributed by atoms with Crippen LogP contribution in [0.1, 0.15) is 12.0 Å². The summed E-state index contributed by atoms with van der Waals surface area (Å²) >= 11 is 0. The Hall–Kier alpha value is -2.85. The van der Waals surface area contributed by atoms with Gasteiger partial charge in [-0.3, -0.25) is 14.7 Å². The van der Waals surface area contributed by atoms with E-state index in [1.54, 1.807) is 14.2 Å². The molecule has 10 heteroatoms. The molecule has 1 saturated heterocycles. The first kappa shape index (κ1) is 20.9. The average molecular weight is 405 g/mol. The summed E-state index contributed by atoms with van der Waals surface area (Å²) in [5.41, 5.74) is -0.307. The number of aromatic nitrogens is 3. The monoisotopic (exact) mass is 405 g/mol. The highest BCUT2D eigenvalue weighted by atomic mass is 16.5. The zero-order valence-electron chi connectivity index (χ0n) is 16.8. The molecule has 1 aromatic carbocycles. The summed E-state index contributed by atoms with van der Waals surface area (Å²) < 4.78 is 16.3. The molecule has 0 spiro atoms. The lowest BCUT2D eigenvalue weighted by Gasteiger charge is -2.28. The van der Waals surface area contributed by atoms with Crippen LogP contribution in [0.5, 0.6) is 11.5 Å². The molecule has 0 atom stereocenters. The van der Waals surface area contributed by atoms with E-state index in [9.17, 15) is 9.59 Å². The van der Waals surface area contributed by atoms with Crippen LogP contribution >= 0.6 is 0 Å². The summed E-state index contributed by atoms with van der Waals surface area (Å²) in [6.45, 7) is 5.14. The fraction of sp³-hybridized carbons (Fsp3) is 0.526. The SMILES string of the molecule is COc1cccc(CN(CCCN2CCOCC2)c2n[nH]c(=O)[nH]c2=O)c1OC. The number of morpholine rings is 1. The second-order valence-electron chi connectivity index (χ2n) is 6.71. The number of rotatable bonds is 9. The number of anilines is 1. The normalized spacial score (nSPS) is 14.6. The third-order valence-corrected chi connectivity index (χ3v) is 4.84. The van der Waals surface area contributed by atoms with Gasteiger partial charge < -0.3 is 19.1 Å². The van der Waals surface area contributed by atoms with Gasteiger partial charge in [0.1, 0.15) is 0 Å². The van der Waals surface area contributed by atoms with E-state index in [1.165, 1.54) is 0 Å². The molecule has 1 aliphatic heterocycles. The van der Waals surface area contributed by atoms with Crippen molar-refractivity contribution < 1.29 is 14.2 Å². The molecule has 29 heavy (non-hydrogen) atoms. The zero-order valence-corrected chi connectivity index (χ0v) is 16.8. The van der Waals surface area contributed by atoms with Crippen molar-refractivity contribution in [2.45, 2.75) is 13.0 Å². The lowest BCUT2D eigenvalue weighted by molar-refractivity contribution is 0.0376. The summed E-state index contributed by atoms with van der Waals surface area (Å²) in [5, 5.41) is 6.29. The van der Waals surface area contributed by atoms with E-state index >= 15 is 0 Å². The van der Waals surface area contributed by atoms with Gasteiger partial charge in [0.15, 0.2) is 11.5 Å². The Morgan fingerprint density at radius 1 is 1.21 bits per heavy atom. The molecule has 1 aromatic heterocycles. The minimum Gasteiger partial charge on any atom is -0.493 e. The summed E-state index contributed by atoms with van der Waals surface area (Å²) in [4.78, 5) is 30.1. The molecular formula is C19H27N5O5. The number of para-hydroxylation sites is 1. The van der Waals surface area contributed by atoms with Gasteiger partial charge in [-0.2, -0.15) is 0 Å². The van der Waals surface area contributed by atoms with Crippen LogP contribution in [0, 0.1) is 0 Å². The van der Waals surface area contributed by atoms with E-state index < -0.39 is 11.2 Å². The van der Waals surface area contributed by atoms with Gasteiger partial charge >= 0.3 is 5.69 Å². The van der Waals surface area contributed by atoms with Crippen molar-refractivity contribution in [3.63, 3.8) is 0 Å². The molecule has 1 aliphatic rings. The highest BCUT2D eigenvalue weighted by molar-refractivity contribution is 5.49. The number of aromatic amines is 2. The Labute approximate surface area is 168 Å². The minimum absolute atomic E-state index is 0.163. The van der Waals surface area contributed by atoms with Crippen molar-refractivity contribution in [1.82, 2.24) is 20.1 Å². The lowest BCUT2D eigenvalue weighted by atomic mass is 10.1. The van der Waals surface area contributed by atoms with Crippen LogP contribution in [0.2, 0.25) is 0 Å². The van der Waals surface area contributed by atoms with Gasteiger partial charge in [-0.1, -0.05) is 12.1 Å². The standard InChI is InChI=1S/C19H27N5O5/c1-27-15-6-3-5-14(16(15)28-2)13-24(17-18(25)20-19(26)22-21-17)8-4-7-23-9-11-29-12-10-23/h3,5-6H,4,7-13H2,1-2H3,(H2,20,22,25,26). The van der Waals surface area contributed by atoms with Crippen molar-refractivity contribution in [3.8, 4) is 11.5 Å². The molecule has 0 unspecified atom stereocenters. The average Bonchev–Trinajstić information content (AvgIpc) is 2.73. The number of hydrogen-bond acceptors (Lipinski definition) is 8. The second kappa shape index (κ2) is 10.1. The van der Waals surface area contributed by atoms with Gasteiger partial charge in [0.2, 0.25) is 5.82 Å². The van der Waals surface area contributed by atoms with E-state index in [0.717, 1.165) is 44.8 Å². The Bertz CT molecular complexity index is 906. The van der Waals surface area contributed by atoms with Gasteiger partial charge in [0, 0.05) is 38.3 Å². The Morgan fingerprint density at radius 2 is 2.00 bits per heavy atom. The van der Waals surface area contributed by atoms with E-state index in [-0.39, 0.29) is 5.82 Å². The van der Waals surface area contributed by atoms with Crippen LogP contribution in [0.25, 0.3) is 0 Å². The molecule has 2 heterocycles. The summed E-state index contributed by atoms with van der Waals surface area (Å²) in [6.07, 6.45) is 0.826. The molecule has 0 amide bonds. The predicted molar refractivity (Wildman–Crippen MR) is 108 cm³/mol. The van der Waals surface area contributed by atoms with E-state index in [2.05, 4.69) is 20.1 Å². The first-order valence-corrected chi connectivity index (χ1v) is 9.56. The highest BCUT2D eigenvalue weighted by Crippen LogP contribution is 2.31. The minimum atomic E-state index is -0.633. The largest absolute Gasteiger partial charge is 0.493 e. The first-order chi connectivity index (χ1) is 14.1. The molecule has 3 rings (SSSR count). The van der Waals surface area contributed by atoms with Gasteiger partial charge in [0.25, 0.3) is 5.56 Å². The van der Waals surface area contributed by atoms with Crippen LogP contribution in [0.3, 0.4) is 0 Å². The number of methoxy groups -OCH3 is 2. The molecule has 2 aromatic rings. The molecule has 0 saturated carbocycles. The van der Waals surface area contributed by atoms with Crippen LogP contribution in [0.15, 0.2) is 27.8 Å². The van der Waals surface area contributed by atoms with Crippen molar-refractivity contribution >= 4 is 5.82 Å². The third-order valence-electron chi connectivity index (χ3n) is 4.84. The Balaban J connectivity index is 1.80. The number of nitrogens with one attached hydrogen (secondary N) is 2. The first-order valence-electron chi connectivity index (χ1n) is 9.56. The number of benzene rings is 1. The van der Waals surface area contributed by atoms with Crippen LogP contribution in [-0.4, -0.2) is 73.7 Å². The maximum Gasteiger partial charge on any atom is 0.342 e. The molecule has 0 radical (unpaired) electrons. The second-order valence-corrected chi connectivity index (χ2v) is 6.71. The quantitative estimate of drug-likeness (QED) is 0.609. The van der Waals surface area contributed by atoms with Gasteiger partial charge in [0.05, 0.1) is 27.4 Å². The molecule has 0 bridgehead atoms. The molecule has 1 fully saturated rings. The Morgan fingerprint density at radius 3 is 2.69 bits per heavy atom. The molecule has 0 aliphatic carbocycles. The summed E-state index contributed by atoms with van der Waals surface area (Å²) in [6, 6.07) is 5.60. The smallest absolute Gasteiger partial charge is 0.342 e. The van der Waals surface area contributed by atoms with Gasteiger partial charge in [-0.05, 0) is 12.5 Å². The van der Waals surface area contributed by atoms with Crippen LogP contribution in [0.4, 0.5) is 5.82 Å². The van der Waals surface area contributed by atoms with Crippen molar-refractivity contribution in [2.75, 3.05) is 58.5 Å². The lowest BCUT2D eigenvalue weighted by Crippen LogP contribution is -2.39. The fourth-order valence-corrected chi connectivity index (χ4v) is 3.41. The van der Waals surface area contributed by atoms with Crippen molar-refractivity contribution in [1.29, 1.82) is 0 Å².